The standard InChI is InChI=1S/C28H34FN3O3S/c1-4-20-8-9-21(10-13-26(20)31-36(33,34)18-19(2)3)28-25(17-30)24-12-11-23(35-15-14-29)16-27(24)32(28)22-6-5-7-22/h8,10-13,16,19,22,31H,4-7,9,14-15,18H2,1-3H3. The van der Waals surface area contributed by atoms with E-state index < -0.39 is 16.7 Å². The third-order valence-electron chi connectivity index (χ3n) is 6.74. The van der Waals surface area contributed by atoms with Crippen LogP contribution >= 0.6 is 0 Å². The molecule has 1 N–H and O–H groups in total. The van der Waals surface area contributed by atoms with Gasteiger partial charge in [-0.15, -0.1) is 0 Å². The zero-order chi connectivity index (χ0) is 25.9. The number of halogens is 1. The zero-order valence-corrected chi connectivity index (χ0v) is 22.0. The second kappa shape index (κ2) is 10.9. The van der Waals surface area contributed by atoms with Gasteiger partial charge in [-0.05, 0) is 67.4 Å². The largest absolute Gasteiger partial charge is 0.491 e. The van der Waals surface area contributed by atoms with Crippen molar-refractivity contribution in [3.8, 4) is 11.8 Å². The average molecular weight is 512 g/mol. The molecule has 1 heterocycles. The van der Waals surface area contributed by atoms with E-state index >= 15 is 0 Å². The van der Waals surface area contributed by atoms with Crippen molar-refractivity contribution < 1.29 is 17.5 Å². The third kappa shape index (κ3) is 5.36. The van der Waals surface area contributed by atoms with Crippen LogP contribution in [-0.4, -0.2) is 32.0 Å². The Balaban J connectivity index is 1.83. The number of rotatable bonds is 10. The first-order chi connectivity index (χ1) is 17.3. The number of sulfonamides is 1. The molecule has 4 rings (SSSR count). The van der Waals surface area contributed by atoms with E-state index in [0.717, 1.165) is 47.0 Å². The predicted octanol–water partition coefficient (Wildman–Crippen LogP) is 6.17. The predicted molar refractivity (Wildman–Crippen MR) is 142 cm³/mol. The molecule has 8 heteroatoms. The lowest BCUT2D eigenvalue weighted by Gasteiger charge is -2.30. The molecule has 1 saturated carbocycles. The van der Waals surface area contributed by atoms with Gasteiger partial charge >= 0.3 is 0 Å². The Kier molecular flexibility index (Phi) is 7.89. The first kappa shape index (κ1) is 26.0. The quantitative estimate of drug-likeness (QED) is 0.413. The highest BCUT2D eigenvalue weighted by atomic mass is 32.2. The van der Waals surface area contributed by atoms with Gasteiger partial charge in [-0.3, -0.25) is 4.72 Å². The van der Waals surface area contributed by atoms with Gasteiger partial charge < -0.3 is 9.30 Å². The van der Waals surface area contributed by atoms with E-state index in [2.05, 4.69) is 21.4 Å². The molecule has 0 radical (unpaired) electrons. The van der Waals surface area contributed by atoms with Crippen LogP contribution in [0.5, 0.6) is 5.75 Å². The number of nitriles is 1. The molecule has 1 fully saturated rings. The van der Waals surface area contributed by atoms with E-state index in [1.54, 1.807) is 6.07 Å². The van der Waals surface area contributed by atoms with E-state index in [1.165, 1.54) is 0 Å². The summed E-state index contributed by atoms with van der Waals surface area (Å²) in [5, 5.41) is 11.1. The minimum absolute atomic E-state index is 0.0103. The molecule has 6 nitrogen and oxygen atoms in total. The van der Waals surface area contributed by atoms with Gasteiger partial charge in [0.2, 0.25) is 10.0 Å². The fourth-order valence-corrected chi connectivity index (χ4v) is 6.44. The summed E-state index contributed by atoms with van der Waals surface area (Å²) >= 11 is 0. The number of benzene rings is 1. The molecule has 2 aliphatic rings. The van der Waals surface area contributed by atoms with E-state index in [9.17, 15) is 18.1 Å². The van der Waals surface area contributed by atoms with Gasteiger partial charge in [0, 0.05) is 17.5 Å². The Labute approximate surface area is 213 Å². The van der Waals surface area contributed by atoms with Crippen molar-refractivity contribution in [2.45, 2.75) is 58.9 Å². The Hall–Kier alpha value is -3.05. The SMILES string of the molecule is CCC1=CCC(c2c(C#N)c3ccc(OCCF)cc3n2C2CCC2)=CC=C1NS(=O)(=O)CC(C)C. The van der Waals surface area contributed by atoms with Crippen molar-refractivity contribution in [2.24, 2.45) is 5.92 Å². The second-order valence-corrected chi connectivity index (χ2v) is 11.6. The number of alkyl halides is 1. The Morgan fingerprint density at radius 1 is 1.28 bits per heavy atom. The van der Waals surface area contributed by atoms with E-state index in [0.29, 0.717) is 29.9 Å². The lowest BCUT2D eigenvalue weighted by molar-refractivity contribution is 0.273. The van der Waals surface area contributed by atoms with Crippen LogP contribution < -0.4 is 9.46 Å². The molecule has 2 aliphatic carbocycles. The van der Waals surface area contributed by atoms with Crippen LogP contribution in [0, 0.1) is 17.2 Å². The van der Waals surface area contributed by atoms with Gasteiger partial charge in [-0.25, -0.2) is 12.8 Å². The zero-order valence-electron chi connectivity index (χ0n) is 21.2. The van der Waals surface area contributed by atoms with Crippen LogP contribution in [-0.2, 0) is 10.0 Å². The molecule has 1 aromatic carbocycles. The van der Waals surface area contributed by atoms with E-state index in [4.69, 9.17) is 4.74 Å². The Morgan fingerprint density at radius 2 is 2.06 bits per heavy atom. The minimum Gasteiger partial charge on any atom is -0.491 e. The number of hydrogen-bond donors (Lipinski definition) is 1. The number of ether oxygens (including phenoxy) is 1. The molecule has 0 amide bonds. The van der Waals surface area contributed by atoms with Crippen molar-refractivity contribution in [1.29, 1.82) is 5.26 Å². The van der Waals surface area contributed by atoms with Gasteiger partial charge in [-0.1, -0.05) is 32.9 Å². The molecule has 1 aromatic heterocycles. The molecular weight excluding hydrogens is 477 g/mol. The summed E-state index contributed by atoms with van der Waals surface area (Å²) in [7, 11) is -3.47. The number of nitrogens with zero attached hydrogens (tertiary/aromatic N) is 2. The van der Waals surface area contributed by atoms with Crippen molar-refractivity contribution in [3.05, 3.63) is 59.0 Å². The van der Waals surface area contributed by atoms with Gasteiger partial charge in [0.15, 0.2) is 0 Å². The van der Waals surface area contributed by atoms with Gasteiger partial charge in [0.1, 0.15) is 25.1 Å². The molecule has 0 bridgehead atoms. The maximum Gasteiger partial charge on any atom is 0.232 e. The summed E-state index contributed by atoms with van der Waals surface area (Å²) in [6.45, 7) is 5.19. The summed E-state index contributed by atoms with van der Waals surface area (Å²) in [4.78, 5) is 0. The number of aromatic nitrogens is 1. The molecule has 192 valence electrons. The molecular formula is C28H34FN3O3S. The van der Waals surface area contributed by atoms with Crippen molar-refractivity contribution in [1.82, 2.24) is 9.29 Å². The average Bonchev–Trinajstić information content (AvgIpc) is 2.96. The van der Waals surface area contributed by atoms with Crippen LogP contribution in [0.25, 0.3) is 16.5 Å². The maximum absolute atomic E-state index is 12.7. The highest BCUT2D eigenvalue weighted by molar-refractivity contribution is 7.89. The minimum atomic E-state index is -3.47. The Morgan fingerprint density at radius 3 is 2.67 bits per heavy atom. The molecule has 0 aliphatic heterocycles. The molecule has 36 heavy (non-hydrogen) atoms. The van der Waals surface area contributed by atoms with Crippen molar-refractivity contribution >= 4 is 26.5 Å². The Bertz CT molecular complexity index is 1370. The van der Waals surface area contributed by atoms with Crippen molar-refractivity contribution in [2.75, 3.05) is 19.0 Å². The first-order valence-corrected chi connectivity index (χ1v) is 14.3. The number of nitrogens with one attached hydrogen (secondary N) is 1. The van der Waals surface area contributed by atoms with Crippen LogP contribution in [0.15, 0.2) is 47.7 Å². The molecule has 0 unspecified atom stereocenters. The fourth-order valence-electron chi connectivity index (χ4n) is 4.95. The monoisotopic (exact) mass is 511 g/mol. The highest BCUT2D eigenvalue weighted by Crippen LogP contribution is 2.43. The molecule has 0 atom stereocenters. The molecule has 0 spiro atoms. The van der Waals surface area contributed by atoms with Crippen LogP contribution in [0.2, 0.25) is 0 Å². The smallest absolute Gasteiger partial charge is 0.232 e. The summed E-state index contributed by atoms with van der Waals surface area (Å²) in [6.07, 6.45) is 10.3. The summed E-state index contributed by atoms with van der Waals surface area (Å²) in [5.41, 5.74) is 4.86. The van der Waals surface area contributed by atoms with Crippen molar-refractivity contribution in [3.63, 3.8) is 0 Å². The normalized spacial score (nSPS) is 16.6. The second-order valence-electron chi connectivity index (χ2n) is 9.84. The van der Waals surface area contributed by atoms with Gasteiger partial charge in [0.25, 0.3) is 0 Å². The lowest BCUT2D eigenvalue weighted by atomic mass is 9.91. The van der Waals surface area contributed by atoms with Crippen LogP contribution in [0.3, 0.4) is 0 Å². The number of allylic oxidation sites excluding steroid dienone is 5. The first-order valence-electron chi connectivity index (χ1n) is 12.7. The highest BCUT2D eigenvalue weighted by Gasteiger charge is 2.29. The summed E-state index contributed by atoms with van der Waals surface area (Å²) < 4.78 is 48.6. The van der Waals surface area contributed by atoms with Gasteiger partial charge in [0.05, 0.1) is 28.2 Å². The molecule has 2 aromatic rings. The number of hydrogen-bond acceptors (Lipinski definition) is 4. The van der Waals surface area contributed by atoms with E-state index in [1.807, 2.05) is 45.1 Å². The fraction of sp³-hybridized carbons (Fsp3) is 0.464. The van der Waals surface area contributed by atoms with E-state index in [-0.39, 0.29) is 24.3 Å². The lowest BCUT2D eigenvalue weighted by Crippen LogP contribution is -2.28. The topological polar surface area (TPSA) is 84.1 Å². The maximum atomic E-state index is 12.7. The molecule has 0 saturated heterocycles. The third-order valence-corrected chi connectivity index (χ3v) is 8.38. The summed E-state index contributed by atoms with van der Waals surface area (Å²) in [6, 6.07) is 8.26. The van der Waals surface area contributed by atoms with Gasteiger partial charge in [-0.2, -0.15) is 5.26 Å². The summed E-state index contributed by atoms with van der Waals surface area (Å²) in [5.74, 6) is 0.655. The van der Waals surface area contributed by atoms with Crippen LogP contribution in [0.1, 0.15) is 70.2 Å². The number of fused-ring (bicyclic) bond motifs is 1. The van der Waals surface area contributed by atoms with Crippen LogP contribution in [0.4, 0.5) is 4.39 Å².